The lowest BCUT2D eigenvalue weighted by Crippen LogP contribution is -2.13. The van der Waals surface area contributed by atoms with Crippen LogP contribution >= 0.6 is 11.6 Å². The van der Waals surface area contributed by atoms with Crippen molar-refractivity contribution in [2.24, 2.45) is 0 Å². The van der Waals surface area contributed by atoms with Crippen molar-refractivity contribution in [3.05, 3.63) is 71.5 Å². The number of nitrogens with zero attached hydrogens (tertiary/aromatic N) is 1. The molecule has 0 fully saturated rings. The van der Waals surface area contributed by atoms with E-state index in [0.29, 0.717) is 33.6 Å². The van der Waals surface area contributed by atoms with Crippen molar-refractivity contribution in [3.63, 3.8) is 0 Å². The van der Waals surface area contributed by atoms with Gasteiger partial charge in [0.2, 0.25) is 0 Å². The van der Waals surface area contributed by atoms with Crippen LogP contribution in [-0.2, 0) is 0 Å². The number of pyridine rings is 1. The van der Waals surface area contributed by atoms with Crippen LogP contribution in [0.2, 0.25) is 5.02 Å². The fourth-order valence-electron chi connectivity index (χ4n) is 2.46. The molecule has 6 nitrogen and oxygen atoms in total. The molecule has 0 aliphatic rings. The van der Waals surface area contributed by atoms with Crippen LogP contribution in [0.15, 0.2) is 60.8 Å². The number of anilines is 3. The largest absolute Gasteiger partial charge is 0.497 e. The fourth-order valence-corrected chi connectivity index (χ4v) is 2.65. The van der Waals surface area contributed by atoms with Gasteiger partial charge in [0.05, 0.1) is 19.9 Å². The number of hydrogen-bond donors (Lipinski definition) is 2. The Morgan fingerprint density at radius 3 is 2.59 bits per heavy atom. The summed E-state index contributed by atoms with van der Waals surface area (Å²) in [4.78, 5) is 16.6. The van der Waals surface area contributed by atoms with Crippen LogP contribution in [-0.4, -0.2) is 25.1 Å². The maximum Gasteiger partial charge on any atom is 0.274 e. The molecule has 2 N–H and O–H groups in total. The maximum atomic E-state index is 12.5. The number of benzene rings is 2. The second-order valence-corrected chi connectivity index (χ2v) is 6.02. The van der Waals surface area contributed by atoms with Crippen molar-refractivity contribution < 1.29 is 14.3 Å². The minimum absolute atomic E-state index is 0.266. The minimum atomic E-state index is -0.335. The highest BCUT2D eigenvalue weighted by atomic mass is 35.5. The van der Waals surface area contributed by atoms with E-state index in [4.69, 9.17) is 21.1 Å². The Morgan fingerprint density at radius 1 is 1.00 bits per heavy atom. The van der Waals surface area contributed by atoms with Gasteiger partial charge in [-0.05, 0) is 42.5 Å². The summed E-state index contributed by atoms with van der Waals surface area (Å²) in [5.74, 6) is 1.00. The number of nitrogens with one attached hydrogen (secondary N) is 2. The number of aromatic nitrogens is 1. The molecule has 1 aromatic heterocycles. The topological polar surface area (TPSA) is 72.5 Å². The number of hydrogen-bond acceptors (Lipinski definition) is 5. The van der Waals surface area contributed by atoms with E-state index < -0.39 is 0 Å². The minimum Gasteiger partial charge on any atom is -0.497 e. The number of halogens is 1. The van der Waals surface area contributed by atoms with Gasteiger partial charge in [-0.25, -0.2) is 0 Å². The average molecular weight is 384 g/mol. The first-order valence-electron chi connectivity index (χ1n) is 8.11. The molecule has 0 spiro atoms. The molecule has 0 aliphatic heterocycles. The van der Waals surface area contributed by atoms with Crippen LogP contribution < -0.4 is 20.1 Å². The lowest BCUT2D eigenvalue weighted by Gasteiger charge is -2.13. The Hall–Kier alpha value is -3.25. The van der Waals surface area contributed by atoms with Gasteiger partial charge in [-0.3, -0.25) is 9.78 Å². The number of ether oxygens (including phenoxy) is 2. The third-order valence-electron chi connectivity index (χ3n) is 3.76. The second kappa shape index (κ2) is 8.42. The van der Waals surface area contributed by atoms with Crippen LogP contribution in [0.1, 0.15) is 10.5 Å². The van der Waals surface area contributed by atoms with Crippen molar-refractivity contribution in [2.45, 2.75) is 0 Å². The van der Waals surface area contributed by atoms with E-state index in [1.807, 2.05) is 6.07 Å². The standard InChI is InChI=1S/C20H18ClN3O3/c1-26-16-6-7-19(27-2)17(12-16)23-15-8-9-22-18(11-15)20(25)24-14-5-3-4-13(21)10-14/h3-12H,1-2H3,(H,22,23)(H,24,25). The Bertz CT molecular complexity index is 963. The summed E-state index contributed by atoms with van der Waals surface area (Å²) in [5.41, 5.74) is 2.26. The summed E-state index contributed by atoms with van der Waals surface area (Å²) in [7, 11) is 3.18. The molecule has 7 heteroatoms. The van der Waals surface area contributed by atoms with Gasteiger partial charge >= 0.3 is 0 Å². The normalized spacial score (nSPS) is 10.2. The monoisotopic (exact) mass is 383 g/mol. The molecule has 1 amide bonds. The SMILES string of the molecule is COc1ccc(OC)c(Nc2ccnc(C(=O)Nc3cccc(Cl)c3)c2)c1. The molecule has 0 saturated carbocycles. The average Bonchev–Trinajstić information content (AvgIpc) is 2.68. The van der Waals surface area contributed by atoms with Crippen LogP contribution in [0.25, 0.3) is 0 Å². The van der Waals surface area contributed by atoms with Crippen molar-refractivity contribution in [3.8, 4) is 11.5 Å². The van der Waals surface area contributed by atoms with Gasteiger partial charge in [-0.2, -0.15) is 0 Å². The Morgan fingerprint density at radius 2 is 1.85 bits per heavy atom. The third kappa shape index (κ3) is 4.68. The summed E-state index contributed by atoms with van der Waals surface area (Å²) in [6.07, 6.45) is 1.56. The van der Waals surface area contributed by atoms with Crippen LogP contribution in [0.3, 0.4) is 0 Å². The van der Waals surface area contributed by atoms with Crippen molar-refractivity contribution in [1.29, 1.82) is 0 Å². The van der Waals surface area contributed by atoms with Crippen LogP contribution in [0, 0.1) is 0 Å². The van der Waals surface area contributed by atoms with Gasteiger partial charge in [0.15, 0.2) is 0 Å². The zero-order valence-electron chi connectivity index (χ0n) is 14.8. The van der Waals surface area contributed by atoms with Gasteiger partial charge in [0.1, 0.15) is 17.2 Å². The lowest BCUT2D eigenvalue weighted by molar-refractivity contribution is 0.102. The van der Waals surface area contributed by atoms with Crippen molar-refractivity contribution >= 4 is 34.6 Å². The first-order chi connectivity index (χ1) is 13.1. The molecule has 0 unspecified atom stereocenters. The van der Waals surface area contributed by atoms with Gasteiger partial charge in [0, 0.05) is 28.7 Å². The van der Waals surface area contributed by atoms with Crippen LogP contribution in [0.4, 0.5) is 17.1 Å². The molecular formula is C20H18ClN3O3. The Balaban J connectivity index is 1.80. The molecule has 0 bridgehead atoms. The highest BCUT2D eigenvalue weighted by Gasteiger charge is 2.11. The van der Waals surface area contributed by atoms with E-state index in [9.17, 15) is 4.79 Å². The highest BCUT2D eigenvalue weighted by molar-refractivity contribution is 6.30. The molecule has 27 heavy (non-hydrogen) atoms. The molecular weight excluding hydrogens is 366 g/mol. The first-order valence-corrected chi connectivity index (χ1v) is 8.49. The molecule has 3 rings (SSSR count). The lowest BCUT2D eigenvalue weighted by atomic mass is 10.2. The first kappa shape index (κ1) is 18.5. The quantitative estimate of drug-likeness (QED) is 0.642. The number of methoxy groups -OCH3 is 2. The summed E-state index contributed by atoms with van der Waals surface area (Å²) in [6, 6.07) is 15.8. The zero-order chi connectivity index (χ0) is 19.2. The molecule has 0 saturated heterocycles. The maximum absolute atomic E-state index is 12.5. The summed E-state index contributed by atoms with van der Waals surface area (Å²) in [5, 5.41) is 6.54. The molecule has 0 atom stereocenters. The second-order valence-electron chi connectivity index (χ2n) is 5.59. The predicted octanol–water partition coefficient (Wildman–Crippen LogP) is 4.75. The Labute approximate surface area is 162 Å². The van der Waals surface area contributed by atoms with Crippen LogP contribution in [0.5, 0.6) is 11.5 Å². The molecule has 0 aliphatic carbocycles. The van der Waals surface area contributed by atoms with E-state index in [2.05, 4.69) is 15.6 Å². The van der Waals surface area contributed by atoms with E-state index in [1.165, 1.54) is 0 Å². The number of amides is 1. The predicted molar refractivity (Wildman–Crippen MR) is 106 cm³/mol. The molecule has 0 radical (unpaired) electrons. The third-order valence-corrected chi connectivity index (χ3v) is 4.00. The smallest absolute Gasteiger partial charge is 0.274 e. The van der Waals surface area contributed by atoms with E-state index in [0.717, 1.165) is 0 Å². The molecule has 1 heterocycles. The molecule has 3 aromatic rings. The molecule has 2 aromatic carbocycles. The number of carbonyl (C=O) groups is 1. The number of carbonyl (C=O) groups excluding carboxylic acids is 1. The summed E-state index contributed by atoms with van der Waals surface area (Å²) in [6.45, 7) is 0. The van der Waals surface area contributed by atoms with Gasteiger partial charge in [-0.15, -0.1) is 0 Å². The summed E-state index contributed by atoms with van der Waals surface area (Å²) >= 11 is 5.94. The number of rotatable bonds is 6. The fraction of sp³-hybridized carbons (Fsp3) is 0.100. The van der Waals surface area contributed by atoms with E-state index in [1.54, 1.807) is 68.9 Å². The van der Waals surface area contributed by atoms with Gasteiger partial charge in [0.25, 0.3) is 5.91 Å². The Kier molecular flexibility index (Phi) is 5.78. The van der Waals surface area contributed by atoms with Crippen molar-refractivity contribution in [1.82, 2.24) is 4.98 Å². The molecule has 138 valence electrons. The van der Waals surface area contributed by atoms with Gasteiger partial charge < -0.3 is 20.1 Å². The van der Waals surface area contributed by atoms with E-state index in [-0.39, 0.29) is 11.6 Å². The zero-order valence-corrected chi connectivity index (χ0v) is 15.6. The van der Waals surface area contributed by atoms with E-state index >= 15 is 0 Å². The van der Waals surface area contributed by atoms with Gasteiger partial charge in [-0.1, -0.05) is 17.7 Å². The highest BCUT2D eigenvalue weighted by Crippen LogP contribution is 2.31. The van der Waals surface area contributed by atoms with Crippen molar-refractivity contribution in [2.75, 3.05) is 24.9 Å². The summed E-state index contributed by atoms with van der Waals surface area (Å²) < 4.78 is 10.6.